The average Bonchev–Trinajstić information content (AvgIpc) is 2.85. The summed E-state index contributed by atoms with van der Waals surface area (Å²) in [6.45, 7) is 7.40. The average molecular weight is 349 g/mol. The second-order valence-electron chi connectivity index (χ2n) is 9.52. The van der Waals surface area contributed by atoms with Crippen LogP contribution < -0.4 is 0 Å². The second kappa shape index (κ2) is 6.35. The molecule has 4 rings (SSSR count). The first-order valence-corrected chi connectivity index (χ1v) is 10.5. The van der Waals surface area contributed by atoms with Gasteiger partial charge in [-0.25, -0.2) is 0 Å². The van der Waals surface area contributed by atoms with Gasteiger partial charge in [-0.15, -0.1) is 0 Å². The zero-order chi connectivity index (χ0) is 17.8. The standard InChI is InChI=1S/C22H36O3/c1-5-25-22(24-4)11-9-16-15(13-22)6-7-18-17(16)8-10-21(3)19(18)12-14(2)20(21)23/h6,14,16-20,23H,5,7-13H2,1-4H3/t14-,16?,17?,18?,19?,20?,21?,22?/m1/s1. The smallest absolute Gasteiger partial charge is 0.171 e. The Morgan fingerprint density at radius 3 is 2.76 bits per heavy atom. The van der Waals surface area contributed by atoms with Crippen molar-refractivity contribution in [2.24, 2.45) is 35.0 Å². The summed E-state index contributed by atoms with van der Waals surface area (Å²) in [5, 5.41) is 10.8. The summed E-state index contributed by atoms with van der Waals surface area (Å²) in [5.41, 5.74) is 1.75. The lowest BCUT2D eigenvalue weighted by molar-refractivity contribution is -0.234. The molecular weight excluding hydrogens is 312 g/mol. The van der Waals surface area contributed by atoms with Crippen molar-refractivity contribution in [3.05, 3.63) is 11.6 Å². The number of fused-ring (bicyclic) bond motifs is 5. The molecule has 0 aromatic carbocycles. The lowest BCUT2D eigenvalue weighted by atomic mass is 9.52. The Labute approximate surface area is 153 Å². The third-order valence-electron chi connectivity index (χ3n) is 8.50. The lowest BCUT2D eigenvalue weighted by Gasteiger charge is -2.54. The molecule has 0 saturated heterocycles. The highest BCUT2D eigenvalue weighted by Gasteiger charge is 2.58. The van der Waals surface area contributed by atoms with Crippen LogP contribution in [0.4, 0.5) is 0 Å². The molecule has 3 fully saturated rings. The predicted molar refractivity (Wildman–Crippen MR) is 99.0 cm³/mol. The molecule has 1 N–H and O–H groups in total. The molecule has 142 valence electrons. The number of rotatable bonds is 3. The van der Waals surface area contributed by atoms with Gasteiger partial charge in [-0.3, -0.25) is 0 Å². The fourth-order valence-corrected chi connectivity index (χ4v) is 7.20. The Bertz CT molecular complexity index is 543. The summed E-state index contributed by atoms with van der Waals surface area (Å²) < 4.78 is 11.8. The first-order valence-electron chi connectivity index (χ1n) is 10.5. The van der Waals surface area contributed by atoms with Crippen molar-refractivity contribution >= 4 is 0 Å². The number of aliphatic hydroxyl groups excluding tert-OH is 1. The van der Waals surface area contributed by atoms with Gasteiger partial charge in [0.25, 0.3) is 0 Å². The third kappa shape index (κ3) is 2.64. The largest absolute Gasteiger partial charge is 0.392 e. The maximum Gasteiger partial charge on any atom is 0.171 e. The summed E-state index contributed by atoms with van der Waals surface area (Å²) in [6, 6.07) is 0. The number of aliphatic hydroxyl groups is 1. The minimum Gasteiger partial charge on any atom is -0.392 e. The molecule has 0 aliphatic heterocycles. The second-order valence-corrected chi connectivity index (χ2v) is 9.52. The Kier molecular flexibility index (Phi) is 4.57. The first-order chi connectivity index (χ1) is 11.9. The minimum absolute atomic E-state index is 0.103. The van der Waals surface area contributed by atoms with Crippen LogP contribution in [0.1, 0.15) is 65.7 Å². The van der Waals surface area contributed by atoms with Crippen LogP contribution in [0.3, 0.4) is 0 Å². The van der Waals surface area contributed by atoms with Crippen molar-refractivity contribution in [3.8, 4) is 0 Å². The van der Waals surface area contributed by atoms with E-state index < -0.39 is 0 Å². The number of hydrogen-bond donors (Lipinski definition) is 1. The van der Waals surface area contributed by atoms with Gasteiger partial charge in [0.15, 0.2) is 5.79 Å². The molecule has 0 aromatic heterocycles. The van der Waals surface area contributed by atoms with Crippen LogP contribution in [0.25, 0.3) is 0 Å². The summed E-state index contributed by atoms with van der Waals surface area (Å²) in [7, 11) is 1.80. The van der Waals surface area contributed by atoms with E-state index in [1.807, 2.05) is 0 Å². The van der Waals surface area contributed by atoms with Crippen LogP contribution >= 0.6 is 0 Å². The van der Waals surface area contributed by atoms with Crippen molar-refractivity contribution in [3.63, 3.8) is 0 Å². The van der Waals surface area contributed by atoms with E-state index in [2.05, 4.69) is 26.8 Å². The normalized spacial score (nSPS) is 52.1. The van der Waals surface area contributed by atoms with Gasteiger partial charge in [0, 0.05) is 26.6 Å². The molecule has 8 atom stereocenters. The molecule has 3 heteroatoms. The minimum atomic E-state index is -0.384. The Balaban J connectivity index is 1.57. The first kappa shape index (κ1) is 18.0. The van der Waals surface area contributed by atoms with E-state index in [1.165, 1.54) is 32.1 Å². The zero-order valence-electron chi connectivity index (χ0n) is 16.5. The molecule has 0 heterocycles. The van der Waals surface area contributed by atoms with E-state index in [4.69, 9.17) is 9.47 Å². The van der Waals surface area contributed by atoms with Crippen molar-refractivity contribution in [2.45, 2.75) is 77.6 Å². The zero-order valence-corrected chi connectivity index (χ0v) is 16.5. The van der Waals surface area contributed by atoms with Crippen molar-refractivity contribution in [1.29, 1.82) is 0 Å². The van der Waals surface area contributed by atoms with Crippen molar-refractivity contribution in [2.75, 3.05) is 13.7 Å². The lowest BCUT2D eigenvalue weighted by Crippen LogP contribution is -2.49. The van der Waals surface area contributed by atoms with E-state index in [-0.39, 0.29) is 17.3 Å². The molecule has 7 unspecified atom stereocenters. The Morgan fingerprint density at radius 1 is 1.24 bits per heavy atom. The van der Waals surface area contributed by atoms with Gasteiger partial charge in [-0.05, 0) is 74.0 Å². The molecular formula is C22H36O3. The molecule has 25 heavy (non-hydrogen) atoms. The molecule has 0 radical (unpaired) electrons. The van der Waals surface area contributed by atoms with Crippen LogP contribution in [0, 0.1) is 35.0 Å². The predicted octanol–water partition coefficient (Wildman–Crippen LogP) is 4.55. The van der Waals surface area contributed by atoms with E-state index in [1.54, 1.807) is 12.7 Å². The van der Waals surface area contributed by atoms with Gasteiger partial charge in [0.05, 0.1) is 6.10 Å². The quantitative estimate of drug-likeness (QED) is 0.601. The van der Waals surface area contributed by atoms with Crippen LogP contribution in [0.15, 0.2) is 11.6 Å². The number of ether oxygens (including phenoxy) is 2. The summed E-state index contributed by atoms with van der Waals surface area (Å²) in [4.78, 5) is 0. The Morgan fingerprint density at radius 2 is 2.04 bits per heavy atom. The summed E-state index contributed by atoms with van der Waals surface area (Å²) in [6.07, 6.45) is 10.5. The van der Waals surface area contributed by atoms with Gasteiger partial charge in [-0.2, -0.15) is 0 Å². The van der Waals surface area contributed by atoms with E-state index in [0.29, 0.717) is 18.4 Å². The highest BCUT2D eigenvalue weighted by atomic mass is 16.7. The molecule has 0 aromatic rings. The summed E-state index contributed by atoms with van der Waals surface area (Å²) in [5.74, 6) is 3.09. The van der Waals surface area contributed by atoms with Gasteiger partial charge >= 0.3 is 0 Å². The molecule has 3 saturated carbocycles. The monoisotopic (exact) mass is 348 g/mol. The fraction of sp³-hybridized carbons (Fsp3) is 0.909. The molecule has 3 nitrogen and oxygen atoms in total. The van der Waals surface area contributed by atoms with E-state index in [0.717, 1.165) is 30.6 Å². The molecule has 0 spiro atoms. The maximum atomic E-state index is 10.8. The Hall–Kier alpha value is -0.380. The molecule has 4 aliphatic carbocycles. The van der Waals surface area contributed by atoms with E-state index in [9.17, 15) is 5.11 Å². The van der Waals surface area contributed by atoms with Gasteiger partial charge in [0.2, 0.25) is 0 Å². The maximum absolute atomic E-state index is 10.8. The summed E-state index contributed by atoms with van der Waals surface area (Å²) >= 11 is 0. The number of allylic oxidation sites excluding steroid dienone is 1. The van der Waals surface area contributed by atoms with Gasteiger partial charge < -0.3 is 14.6 Å². The van der Waals surface area contributed by atoms with Gasteiger partial charge in [-0.1, -0.05) is 25.5 Å². The highest BCUT2D eigenvalue weighted by molar-refractivity contribution is 5.21. The number of methoxy groups -OCH3 is 1. The third-order valence-corrected chi connectivity index (χ3v) is 8.50. The van der Waals surface area contributed by atoms with E-state index >= 15 is 0 Å². The van der Waals surface area contributed by atoms with Crippen LogP contribution in [0.2, 0.25) is 0 Å². The van der Waals surface area contributed by atoms with Crippen molar-refractivity contribution in [1.82, 2.24) is 0 Å². The van der Waals surface area contributed by atoms with Crippen molar-refractivity contribution < 1.29 is 14.6 Å². The molecule has 0 amide bonds. The SMILES string of the molecule is CCOC1(OC)CCC2C(=CCC3C2CCC2(C)C3C[C@@H](C)C2O)C1. The van der Waals surface area contributed by atoms with Crippen LogP contribution in [-0.2, 0) is 9.47 Å². The van der Waals surface area contributed by atoms with Gasteiger partial charge in [0.1, 0.15) is 0 Å². The topological polar surface area (TPSA) is 38.7 Å². The molecule has 4 aliphatic rings. The molecule has 0 bridgehead atoms. The van der Waals surface area contributed by atoms with Crippen LogP contribution in [-0.4, -0.2) is 30.7 Å². The number of hydrogen-bond acceptors (Lipinski definition) is 3. The van der Waals surface area contributed by atoms with Crippen LogP contribution in [0.5, 0.6) is 0 Å². The highest BCUT2D eigenvalue weighted by Crippen LogP contribution is 2.63. The fourth-order valence-electron chi connectivity index (χ4n) is 7.20.